The summed E-state index contributed by atoms with van der Waals surface area (Å²) in [6, 6.07) is 5.14. The summed E-state index contributed by atoms with van der Waals surface area (Å²) in [7, 11) is 1.54. The van der Waals surface area contributed by atoms with Crippen molar-refractivity contribution in [2.24, 2.45) is 17.3 Å². The van der Waals surface area contributed by atoms with E-state index < -0.39 is 23.3 Å². The van der Waals surface area contributed by atoms with Crippen LogP contribution in [0.25, 0.3) is 6.08 Å². The minimum Gasteiger partial charge on any atom is -0.383 e. The first-order valence-corrected chi connectivity index (χ1v) is 10.1. The van der Waals surface area contributed by atoms with Crippen molar-refractivity contribution in [1.82, 2.24) is 4.90 Å². The predicted molar refractivity (Wildman–Crippen MR) is 110 cm³/mol. The van der Waals surface area contributed by atoms with E-state index in [9.17, 15) is 14.4 Å². The molecular weight excluding hydrogens is 368 g/mol. The average molecular weight is 396 g/mol. The smallest absolute Gasteiger partial charge is 0.235 e. The number of carbonyl (C=O) groups excluding carboxylic acids is 3. The Morgan fingerprint density at radius 2 is 1.83 bits per heavy atom. The fourth-order valence-electron chi connectivity index (χ4n) is 4.90. The highest BCUT2D eigenvalue weighted by Crippen LogP contribution is 2.49. The number of ketones is 1. The van der Waals surface area contributed by atoms with Gasteiger partial charge in [-0.3, -0.25) is 19.3 Å². The molecule has 1 aromatic rings. The van der Waals surface area contributed by atoms with Crippen LogP contribution in [0.3, 0.4) is 0 Å². The van der Waals surface area contributed by atoms with Crippen LogP contribution >= 0.6 is 0 Å². The summed E-state index contributed by atoms with van der Waals surface area (Å²) in [5.74, 6) is -1.66. The van der Waals surface area contributed by atoms with Gasteiger partial charge in [0.25, 0.3) is 0 Å². The molecule has 0 bridgehead atoms. The molecule has 0 spiro atoms. The third kappa shape index (κ3) is 2.92. The highest BCUT2D eigenvalue weighted by atomic mass is 16.5. The predicted octanol–water partition coefficient (Wildman–Crippen LogP) is 2.44. The summed E-state index contributed by atoms with van der Waals surface area (Å²) >= 11 is 0. The first kappa shape index (κ1) is 19.8. The number of nitrogens with zero attached hydrogens (tertiary/aromatic N) is 2. The fraction of sp³-hybridized carbons (Fsp3) is 0.522. The first-order chi connectivity index (χ1) is 13.7. The molecule has 3 aliphatic heterocycles. The number of Topliss-reactive ketones (excluding diaryl/α,β-unsaturated/α-hetero) is 1. The molecule has 2 fully saturated rings. The number of benzene rings is 1. The Bertz CT molecular complexity index is 914. The minimum absolute atomic E-state index is 0.00781. The molecule has 29 heavy (non-hydrogen) atoms. The van der Waals surface area contributed by atoms with E-state index in [0.717, 1.165) is 16.8 Å². The number of aryl methyl sites for hydroxylation is 1. The van der Waals surface area contributed by atoms with Gasteiger partial charge in [-0.15, -0.1) is 0 Å². The molecule has 0 aliphatic carbocycles. The number of imide groups is 1. The van der Waals surface area contributed by atoms with Crippen LogP contribution in [0.5, 0.6) is 0 Å². The van der Waals surface area contributed by atoms with Crippen molar-refractivity contribution < 1.29 is 19.1 Å². The summed E-state index contributed by atoms with van der Waals surface area (Å²) in [5, 5.41) is 0. The Kier molecular flexibility index (Phi) is 4.65. The molecule has 2 saturated heterocycles. The molecule has 2 amide bonds. The molecule has 3 aliphatic rings. The standard InChI is InChI=1S/C23H28N2O4/c1-13-6-8-15-14(12-13)7-9-16-17-18(19(25(15)16)20(26)23(2,3)4)22(28)24(21(17)27)10-11-29-5/h6-9,12,16-19H,10-11H2,1-5H3/t16-,17+,18+,19+/m1/s1. The van der Waals surface area contributed by atoms with E-state index in [-0.39, 0.29) is 30.2 Å². The normalized spacial score (nSPS) is 27.9. The van der Waals surface area contributed by atoms with Crippen LogP contribution in [0.2, 0.25) is 0 Å². The monoisotopic (exact) mass is 396 g/mol. The number of fused-ring (bicyclic) bond motifs is 5. The van der Waals surface area contributed by atoms with E-state index in [1.54, 1.807) is 7.11 Å². The maximum absolute atomic E-state index is 13.5. The fourth-order valence-corrected chi connectivity index (χ4v) is 4.90. The van der Waals surface area contributed by atoms with Crippen LogP contribution in [0.1, 0.15) is 31.9 Å². The van der Waals surface area contributed by atoms with E-state index >= 15 is 0 Å². The number of amides is 2. The molecule has 3 heterocycles. The van der Waals surface area contributed by atoms with Crippen LogP contribution in [-0.4, -0.2) is 54.8 Å². The van der Waals surface area contributed by atoms with Gasteiger partial charge in [-0.05, 0) is 24.6 Å². The van der Waals surface area contributed by atoms with E-state index in [2.05, 4.69) is 6.07 Å². The lowest BCUT2D eigenvalue weighted by atomic mass is 9.79. The Morgan fingerprint density at radius 3 is 2.48 bits per heavy atom. The number of likely N-dealkylation sites (tertiary alicyclic amines) is 1. The highest BCUT2D eigenvalue weighted by Gasteiger charge is 2.64. The summed E-state index contributed by atoms with van der Waals surface area (Å²) in [4.78, 5) is 43.4. The number of hydrogen-bond acceptors (Lipinski definition) is 5. The van der Waals surface area contributed by atoms with Crippen molar-refractivity contribution in [3.8, 4) is 0 Å². The number of hydrogen-bond donors (Lipinski definition) is 0. The average Bonchev–Trinajstić information content (AvgIpc) is 3.12. The van der Waals surface area contributed by atoms with Gasteiger partial charge < -0.3 is 9.64 Å². The van der Waals surface area contributed by atoms with Crippen LogP contribution in [-0.2, 0) is 19.1 Å². The lowest BCUT2D eigenvalue weighted by molar-refractivity contribution is -0.142. The van der Waals surface area contributed by atoms with Crippen molar-refractivity contribution in [2.75, 3.05) is 25.2 Å². The Balaban J connectivity index is 1.83. The molecule has 154 valence electrons. The van der Waals surface area contributed by atoms with Crippen LogP contribution < -0.4 is 4.90 Å². The summed E-state index contributed by atoms with van der Waals surface area (Å²) in [6.45, 7) is 8.16. The van der Waals surface area contributed by atoms with E-state index in [0.29, 0.717) is 6.61 Å². The maximum Gasteiger partial charge on any atom is 0.235 e. The van der Waals surface area contributed by atoms with Gasteiger partial charge in [0.1, 0.15) is 6.04 Å². The summed E-state index contributed by atoms with van der Waals surface area (Å²) < 4.78 is 5.08. The largest absolute Gasteiger partial charge is 0.383 e. The minimum atomic E-state index is -0.659. The Labute approximate surface area is 171 Å². The Morgan fingerprint density at radius 1 is 1.14 bits per heavy atom. The zero-order chi connectivity index (χ0) is 21.1. The van der Waals surface area contributed by atoms with E-state index in [1.165, 1.54) is 4.90 Å². The van der Waals surface area contributed by atoms with Gasteiger partial charge in [0.2, 0.25) is 11.8 Å². The third-order valence-electron chi connectivity index (χ3n) is 6.28. The second-order valence-corrected chi connectivity index (χ2v) is 9.25. The number of rotatable bonds is 4. The number of ether oxygens (including phenoxy) is 1. The lowest BCUT2D eigenvalue weighted by Crippen LogP contribution is -2.51. The second-order valence-electron chi connectivity index (χ2n) is 9.25. The molecule has 0 radical (unpaired) electrons. The van der Waals surface area contributed by atoms with Gasteiger partial charge in [0.05, 0.1) is 31.0 Å². The molecule has 4 rings (SSSR count). The van der Waals surface area contributed by atoms with Crippen molar-refractivity contribution in [2.45, 2.75) is 39.8 Å². The quantitative estimate of drug-likeness (QED) is 0.732. The summed E-state index contributed by atoms with van der Waals surface area (Å²) in [5.41, 5.74) is 2.44. The molecule has 6 heteroatoms. The second kappa shape index (κ2) is 6.80. The molecule has 4 atom stereocenters. The van der Waals surface area contributed by atoms with E-state index in [4.69, 9.17) is 4.74 Å². The zero-order valence-electron chi connectivity index (χ0n) is 17.6. The van der Waals surface area contributed by atoms with Crippen molar-refractivity contribution >= 4 is 29.4 Å². The third-order valence-corrected chi connectivity index (χ3v) is 6.28. The van der Waals surface area contributed by atoms with Gasteiger partial charge in [-0.2, -0.15) is 0 Å². The lowest BCUT2D eigenvalue weighted by Gasteiger charge is -2.38. The molecule has 0 aromatic heterocycles. The molecule has 1 aromatic carbocycles. The van der Waals surface area contributed by atoms with Gasteiger partial charge in [-0.25, -0.2) is 0 Å². The molecular formula is C23H28N2O4. The topological polar surface area (TPSA) is 66.9 Å². The van der Waals surface area contributed by atoms with Crippen molar-refractivity contribution in [3.05, 3.63) is 35.4 Å². The van der Waals surface area contributed by atoms with E-state index in [1.807, 2.05) is 56.9 Å². The number of anilines is 1. The number of carbonyl (C=O) groups is 3. The maximum atomic E-state index is 13.5. The van der Waals surface area contributed by atoms with Crippen molar-refractivity contribution in [3.63, 3.8) is 0 Å². The van der Waals surface area contributed by atoms with Gasteiger partial charge in [0, 0.05) is 18.2 Å². The van der Waals surface area contributed by atoms with Gasteiger partial charge in [0.15, 0.2) is 5.78 Å². The Hall–Kier alpha value is -2.47. The van der Waals surface area contributed by atoms with Crippen LogP contribution in [0, 0.1) is 24.2 Å². The highest BCUT2D eigenvalue weighted by molar-refractivity contribution is 6.11. The first-order valence-electron chi connectivity index (χ1n) is 10.1. The SMILES string of the molecule is COCCN1C(=O)[C@@H]2[C@H](C1=O)[C@@H](C(=O)C(C)(C)C)N1c3ccc(C)cc3C=C[C@H]21. The van der Waals surface area contributed by atoms with Crippen LogP contribution in [0.15, 0.2) is 24.3 Å². The molecule has 0 N–H and O–H groups in total. The van der Waals surface area contributed by atoms with Crippen molar-refractivity contribution in [1.29, 1.82) is 0 Å². The van der Waals surface area contributed by atoms with Gasteiger partial charge >= 0.3 is 0 Å². The molecule has 0 saturated carbocycles. The molecule has 0 unspecified atom stereocenters. The number of methoxy groups -OCH3 is 1. The van der Waals surface area contributed by atoms with Crippen LogP contribution in [0.4, 0.5) is 5.69 Å². The van der Waals surface area contributed by atoms with Gasteiger partial charge in [-0.1, -0.05) is 44.6 Å². The molecule has 6 nitrogen and oxygen atoms in total. The zero-order valence-corrected chi connectivity index (χ0v) is 17.6. The summed E-state index contributed by atoms with van der Waals surface area (Å²) in [6.07, 6.45) is 4.00.